The minimum absolute atomic E-state index is 0.390. The van der Waals surface area contributed by atoms with Gasteiger partial charge in [-0.1, -0.05) is 30.3 Å². The molecule has 1 unspecified atom stereocenters. The molecule has 126 valence electrons. The first-order valence-electron chi connectivity index (χ1n) is 7.60. The zero-order valence-electron chi connectivity index (χ0n) is 12.8. The maximum atomic E-state index is 12.4. The third-order valence-electron chi connectivity index (χ3n) is 5.19. The molecular formula is C16H16N2O5S. The van der Waals surface area contributed by atoms with Crippen LogP contribution in [-0.2, 0) is 14.4 Å². The van der Waals surface area contributed by atoms with Crippen molar-refractivity contribution in [3.8, 4) is 0 Å². The Labute approximate surface area is 142 Å². The number of rotatable bonds is 4. The summed E-state index contributed by atoms with van der Waals surface area (Å²) in [5.74, 6) is -2.05. The van der Waals surface area contributed by atoms with E-state index in [9.17, 15) is 24.6 Å². The summed E-state index contributed by atoms with van der Waals surface area (Å²) in [6, 6.07) is 7.65. The zero-order valence-corrected chi connectivity index (χ0v) is 13.6. The van der Waals surface area contributed by atoms with Gasteiger partial charge in [0.1, 0.15) is 11.4 Å². The number of carbonyl (C=O) groups is 3. The number of aliphatic carboxylic acids is 1. The largest absolute Gasteiger partial charge is 0.479 e. The fourth-order valence-electron chi connectivity index (χ4n) is 3.74. The zero-order chi connectivity index (χ0) is 17.3. The van der Waals surface area contributed by atoms with E-state index in [1.807, 2.05) is 6.92 Å². The van der Waals surface area contributed by atoms with Gasteiger partial charge in [0, 0.05) is 6.42 Å². The summed E-state index contributed by atoms with van der Waals surface area (Å²) >= 11 is 1.41. The Morgan fingerprint density at radius 3 is 2.67 bits per heavy atom. The van der Waals surface area contributed by atoms with Crippen molar-refractivity contribution >= 4 is 29.5 Å². The molecule has 1 aromatic carbocycles. The maximum absolute atomic E-state index is 12.4. The van der Waals surface area contributed by atoms with Crippen molar-refractivity contribution < 1.29 is 24.6 Å². The van der Waals surface area contributed by atoms with E-state index in [0.717, 1.165) is 0 Å². The van der Waals surface area contributed by atoms with Gasteiger partial charge < -0.3 is 20.4 Å². The molecule has 3 aliphatic rings. The van der Waals surface area contributed by atoms with Crippen LogP contribution in [0.4, 0.5) is 0 Å². The molecule has 1 saturated carbocycles. The predicted octanol–water partition coefficient (Wildman–Crippen LogP) is 0.106. The van der Waals surface area contributed by atoms with E-state index in [0.29, 0.717) is 12.0 Å². The number of aliphatic hydroxyl groups is 1. The SMILES string of the molecule is C[C@]12C[C@@]1(C(=O)O)N1C(=O)[C@H](NC(=O)C(O)c3ccccc3)[C@@H]1S2. The predicted molar refractivity (Wildman–Crippen MR) is 84.9 cm³/mol. The first-order chi connectivity index (χ1) is 11.3. The van der Waals surface area contributed by atoms with Crippen molar-refractivity contribution in [3.63, 3.8) is 0 Å². The van der Waals surface area contributed by atoms with Gasteiger partial charge in [-0.2, -0.15) is 0 Å². The molecule has 7 nitrogen and oxygen atoms in total. The Hall–Kier alpha value is -2.06. The van der Waals surface area contributed by atoms with Crippen LogP contribution in [0.1, 0.15) is 25.0 Å². The average Bonchev–Trinajstić information content (AvgIpc) is 3.11. The Morgan fingerprint density at radius 1 is 1.38 bits per heavy atom. The van der Waals surface area contributed by atoms with Crippen LogP contribution in [0.15, 0.2) is 30.3 Å². The Bertz CT molecular complexity index is 756. The molecule has 3 N–H and O–H groups in total. The molecule has 24 heavy (non-hydrogen) atoms. The molecule has 2 heterocycles. The molecule has 0 spiro atoms. The van der Waals surface area contributed by atoms with Crippen molar-refractivity contribution in [2.24, 2.45) is 0 Å². The highest BCUT2D eigenvalue weighted by Gasteiger charge is 2.85. The van der Waals surface area contributed by atoms with E-state index in [-0.39, 0.29) is 5.37 Å². The number of amides is 2. The van der Waals surface area contributed by atoms with Crippen molar-refractivity contribution in [1.29, 1.82) is 0 Å². The van der Waals surface area contributed by atoms with Gasteiger partial charge in [0.25, 0.3) is 5.91 Å². The molecule has 1 aromatic rings. The van der Waals surface area contributed by atoms with Crippen LogP contribution in [0.25, 0.3) is 0 Å². The molecular weight excluding hydrogens is 332 g/mol. The maximum Gasteiger partial charge on any atom is 0.331 e. The van der Waals surface area contributed by atoms with Crippen LogP contribution in [0.3, 0.4) is 0 Å². The van der Waals surface area contributed by atoms with Gasteiger partial charge in [-0.3, -0.25) is 9.59 Å². The normalized spacial score (nSPS) is 37.1. The van der Waals surface area contributed by atoms with E-state index in [1.165, 1.54) is 16.7 Å². The number of carboxylic acids is 1. The Morgan fingerprint density at radius 2 is 2.04 bits per heavy atom. The third kappa shape index (κ3) is 1.75. The topological polar surface area (TPSA) is 107 Å². The number of fused-ring (bicyclic) bond motifs is 3. The average molecular weight is 348 g/mol. The van der Waals surface area contributed by atoms with E-state index in [2.05, 4.69) is 5.32 Å². The quantitative estimate of drug-likeness (QED) is 0.667. The summed E-state index contributed by atoms with van der Waals surface area (Å²) < 4.78 is -0.503. The molecule has 0 aromatic heterocycles. The number of nitrogens with zero attached hydrogens (tertiary/aromatic N) is 1. The van der Waals surface area contributed by atoms with Crippen LogP contribution < -0.4 is 5.32 Å². The fraction of sp³-hybridized carbons (Fsp3) is 0.438. The Balaban J connectivity index is 1.48. The fourth-order valence-corrected chi connectivity index (χ4v) is 5.65. The molecule has 5 atom stereocenters. The summed E-state index contributed by atoms with van der Waals surface area (Å²) in [6.45, 7) is 1.83. The first kappa shape index (κ1) is 15.5. The molecule has 8 heteroatoms. The van der Waals surface area contributed by atoms with Gasteiger partial charge in [0.05, 0.1) is 4.75 Å². The van der Waals surface area contributed by atoms with Crippen LogP contribution >= 0.6 is 11.8 Å². The van der Waals surface area contributed by atoms with Gasteiger partial charge >= 0.3 is 5.97 Å². The van der Waals surface area contributed by atoms with Crippen molar-refractivity contribution in [2.45, 2.75) is 41.2 Å². The van der Waals surface area contributed by atoms with Crippen molar-refractivity contribution in [2.75, 3.05) is 0 Å². The summed E-state index contributed by atoms with van der Waals surface area (Å²) in [4.78, 5) is 37.6. The lowest BCUT2D eigenvalue weighted by Gasteiger charge is -2.46. The molecule has 1 aliphatic carbocycles. The molecule has 2 aliphatic heterocycles. The minimum Gasteiger partial charge on any atom is -0.479 e. The van der Waals surface area contributed by atoms with Gasteiger partial charge in [0.2, 0.25) is 5.91 Å². The van der Waals surface area contributed by atoms with Crippen LogP contribution in [-0.4, -0.2) is 54.6 Å². The van der Waals surface area contributed by atoms with Crippen molar-refractivity contribution in [3.05, 3.63) is 35.9 Å². The lowest BCUT2D eigenvalue weighted by Crippen LogP contribution is -2.72. The number of carboxylic acid groups (broad SMARTS) is 1. The second-order valence-corrected chi connectivity index (χ2v) is 8.21. The molecule has 0 radical (unpaired) electrons. The molecule has 2 saturated heterocycles. The van der Waals surface area contributed by atoms with Gasteiger partial charge in [-0.05, 0) is 12.5 Å². The monoisotopic (exact) mass is 348 g/mol. The van der Waals surface area contributed by atoms with Crippen LogP contribution in [0, 0.1) is 0 Å². The lowest BCUT2D eigenvalue weighted by molar-refractivity contribution is -0.163. The van der Waals surface area contributed by atoms with E-state index >= 15 is 0 Å². The van der Waals surface area contributed by atoms with E-state index in [4.69, 9.17) is 0 Å². The minimum atomic E-state index is -1.36. The lowest BCUT2D eigenvalue weighted by atomic mass is 10.00. The summed E-state index contributed by atoms with van der Waals surface area (Å²) in [5, 5.41) is 21.8. The standard InChI is InChI=1S/C16H16N2O5S/c1-15-7-16(15,14(22)23)18-12(21)9(13(18)24-15)17-11(20)10(19)8-5-3-2-4-6-8/h2-6,9-10,13,19H,7H2,1H3,(H,17,20)(H,22,23)/t9-,10?,13-,15-,16-/m0/s1. The second kappa shape index (κ2) is 4.73. The van der Waals surface area contributed by atoms with Crippen LogP contribution in [0.5, 0.6) is 0 Å². The van der Waals surface area contributed by atoms with Gasteiger partial charge in [0.15, 0.2) is 11.6 Å². The number of nitrogens with one attached hydrogen (secondary N) is 1. The highest BCUT2D eigenvalue weighted by Crippen LogP contribution is 2.71. The van der Waals surface area contributed by atoms with Gasteiger partial charge in [-0.25, -0.2) is 4.79 Å². The van der Waals surface area contributed by atoms with E-state index in [1.54, 1.807) is 30.3 Å². The molecule has 4 rings (SSSR count). The number of hydrogen-bond donors (Lipinski definition) is 3. The van der Waals surface area contributed by atoms with Crippen LogP contribution in [0.2, 0.25) is 0 Å². The summed E-state index contributed by atoms with van der Waals surface area (Å²) in [6.07, 6.45) is -0.937. The second-order valence-electron chi connectivity index (χ2n) is 6.59. The number of aliphatic hydroxyl groups excluding tert-OH is 1. The molecule has 3 fully saturated rings. The Kier molecular flexibility index (Phi) is 3.05. The highest BCUT2D eigenvalue weighted by molar-refractivity contribution is 8.02. The number of thioether (sulfide) groups is 1. The number of benzene rings is 1. The molecule has 0 bridgehead atoms. The third-order valence-corrected chi connectivity index (χ3v) is 6.92. The summed E-state index contributed by atoms with van der Waals surface area (Å²) in [7, 11) is 0. The number of β-lactam (4-membered cyclic amide) rings is 1. The first-order valence-corrected chi connectivity index (χ1v) is 8.47. The van der Waals surface area contributed by atoms with E-state index < -0.39 is 40.2 Å². The smallest absolute Gasteiger partial charge is 0.331 e. The number of hydrogen-bond acceptors (Lipinski definition) is 5. The van der Waals surface area contributed by atoms with Crippen molar-refractivity contribution in [1.82, 2.24) is 10.2 Å². The number of carbonyl (C=O) groups excluding carboxylic acids is 2. The van der Waals surface area contributed by atoms with Gasteiger partial charge in [-0.15, -0.1) is 11.8 Å². The summed E-state index contributed by atoms with van der Waals surface area (Å²) in [5.41, 5.74) is -0.701. The highest BCUT2D eigenvalue weighted by atomic mass is 32.2. The molecule has 2 amide bonds.